The minimum absolute atomic E-state index is 0.0921. The van der Waals surface area contributed by atoms with Gasteiger partial charge in [-0.1, -0.05) is 6.07 Å². The SMILES string of the molecule is COc1ccc2c(c1)OC[C@@H](C(=O)N(C)Cc1cscn1)C2. The Bertz CT molecular complexity index is 657. The lowest BCUT2D eigenvalue weighted by Gasteiger charge is -2.28. The molecule has 3 rings (SSSR count). The van der Waals surface area contributed by atoms with Gasteiger partial charge in [0.2, 0.25) is 5.91 Å². The summed E-state index contributed by atoms with van der Waals surface area (Å²) in [4.78, 5) is 18.5. The summed E-state index contributed by atoms with van der Waals surface area (Å²) in [6.07, 6.45) is 0.694. The van der Waals surface area contributed by atoms with Crippen LogP contribution in [0, 0.1) is 5.92 Å². The molecule has 1 aromatic carbocycles. The summed E-state index contributed by atoms with van der Waals surface area (Å²) in [7, 11) is 3.44. The maximum Gasteiger partial charge on any atom is 0.229 e. The molecule has 0 N–H and O–H groups in total. The molecule has 0 spiro atoms. The Morgan fingerprint density at radius 1 is 1.55 bits per heavy atom. The van der Waals surface area contributed by atoms with Crippen LogP contribution in [0.5, 0.6) is 11.5 Å². The topological polar surface area (TPSA) is 51.7 Å². The molecule has 0 fully saturated rings. The average Bonchev–Trinajstić information content (AvgIpc) is 3.06. The number of aromatic nitrogens is 1. The normalized spacial score (nSPS) is 16.5. The molecule has 116 valence electrons. The standard InChI is InChI=1S/C16H18N2O3S/c1-18(7-13-9-22-10-17-13)16(19)12-5-11-3-4-14(20-2)6-15(11)21-8-12/h3-4,6,9-10,12H,5,7-8H2,1-2H3/t12-/m0/s1. The molecule has 2 aromatic rings. The molecular formula is C16H18N2O3S. The van der Waals surface area contributed by atoms with Gasteiger partial charge in [0.05, 0.1) is 30.8 Å². The molecule has 6 heteroatoms. The Labute approximate surface area is 133 Å². The van der Waals surface area contributed by atoms with Gasteiger partial charge in [0.25, 0.3) is 0 Å². The van der Waals surface area contributed by atoms with Crippen LogP contribution >= 0.6 is 11.3 Å². The van der Waals surface area contributed by atoms with E-state index in [1.165, 1.54) is 11.3 Å². The summed E-state index contributed by atoms with van der Waals surface area (Å²) >= 11 is 1.54. The number of carbonyl (C=O) groups is 1. The highest BCUT2D eigenvalue weighted by Gasteiger charge is 2.28. The largest absolute Gasteiger partial charge is 0.497 e. The van der Waals surface area contributed by atoms with Crippen molar-refractivity contribution < 1.29 is 14.3 Å². The number of ether oxygens (including phenoxy) is 2. The van der Waals surface area contributed by atoms with E-state index in [-0.39, 0.29) is 11.8 Å². The molecule has 1 amide bonds. The van der Waals surface area contributed by atoms with Gasteiger partial charge in [-0.05, 0) is 18.1 Å². The van der Waals surface area contributed by atoms with Crippen molar-refractivity contribution in [3.05, 3.63) is 40.3 Å². The zero-order valence-electron chi connectivity index (χ0n) is 12.6. The molecule has 1 aromatic heterocycles. The fourth-order valence-corrected chi connectivity index (χ4v) is 3.14. The maximum atomic E-state index is 12.6. The number of fused-ring (bicyclic) bond motifs is 1. The highest BCUT2D eigenvalue weighted by atomic mass is 32.1. The molecule has 0 unspecified atom stereocenters. The summed E-state index contributed by atoms with van der Waals surface area (Å²) in [5, 5.41) is 1.96. The summed E-state index contributed by atoms with van der Waals surface area (Å²) < 4.78 is 10.9. The predicted octanol–water partition coefficient (Wildman–Crippen LogP) is 2.36. The minimum Gasteiger partial charge on any atom is -0.497 e. The number of carbonyl (C=O) groups excluding carboxylic acids is 1. The van der Waals surface area contributed by atoms with Gasteiger partial charge in [0.15, 0.2) is 0 Å². The van der Waals surface area contributed by atoms with Crippen LogP contribution in [0.25, 0.3) is 0 Å². The number of amides is 1. The van der Waals surface area contributed by atoms with Crippen LogP contribution in [0.2, 0.25) is 0 Å². The van der Waals surface area contributed by atoms with E-state index in [4.69, 9.17) is 9.47 Å². The smallest absolute Gasteiger partial charge is 0.229 e. The second-order valence-electron chi connectivity index (χ2n) is 5.36. The average molecular weight is 318 g/mol. The zero-order valence-corrected chi connectivity index (χ0v) is 13.4. The van der Waals surface area contributed by atoms with Gasteiger partial charge in [-0.3, -0.25) is 4.79 Å². The van der Waals surface area contributed by atoms with Gasteiger partial charge in [0, 0.05) is 18.5 Å². The van der Waals surface area contributed by atoms with Crippen molar-refractivity contribution in [2.45, 2.75) is 13.0 Å². The van der Waals surface area contributed by atoms with E-state index < -0.39 is 0 Å². The number of methoxy groups -OCH3 is 1. The molecule has 0 radical (unpaired) electrons. The van der Waals surface area contributed by atoms with E-state index in [2.05, 4.69) is 4.98 Å². The first-order valence-electron chi connectivity index (χ1n) is 7.09. The van der Waals surface area contributed by atoms with E-state index >= 15 is 0 Å². The highest BCUT2D eigenvalue weighted by molar-refractivity contribution is 7.07. The minimum atomic E-state index is -0.149. The van der Waals surface area contributed by atoms with Gasteiger partial charge >= 0.3 is 0 Å². The molecule has 1 atom stereocenters. The van der Waals surface area contributed by atoms with Gasteiger partial charge in [0.1, 0.15) is 18.1 Å². The molecule has 2 heterocycles. The lowest BCUT2D eigenvalue weighted by atomic mass is 9.95. The molecule has 1 aliphatic heterocycles. The highest BCUT2D eigenvalue weighted by Crippen LogP contribution is 2.31. The van der Waals surface area contributed by atoms with Crippen molar-refractivity contribution in [3.63, 3.8) is 0 Å². The van der Waals surface area contributed by atoms with Gasteiger partial charge in [-0.2, -0.15) is 0 Å². The third kappa shape index (κ3) is 3.06. The Morgan fingerprint density at radius 2 is 2.41 bits per heavy atom. The zero-order chi connectivity index (χ0) is 15.5. The monoisotopic (exact) mass is 318 g/mol. The van der Waals surface area contributed by atoms with E-state index in [0.29, 0.717) is 19.6 Å². The van der Waals surface area contributed by atoms with E-state index in [1.54, 1.807) is 17.5 Å². The predicted molar refractivity (Wildman–Crippen MR) is 84.3 cm³/mol. The number of thiazole rings is 1. The lowest BCUT2D eigenvalue weighted by Crippen LogP contribution is -2.38. The van der Waals surface area contributed by atoms with Crippen LogP contribution in [0.15, 0.2) is 29.1 Å². The number of benzene rings is 1. The Hall–Kier alpha value is -2.08. The van der Waals surface area contributed by atoms with E-state index in [9.17, 15) is 4.79 Å². The Kier molecular flexibility index (Phi) is 4.29. The molecular weight excluding hydrogens is 300 g/mol. The van der Waals surface area contributed by atoms with Crippen LogP contribution < -0.4 is 9.47 Å². The van der Waals surface area contributed by atoms with Gasteiger partial charge in [-0.25, -0.2) is 4.98 Å². The fourth-order valence-electron chi connectivity index (χ4n) is 2.59. The van der Waals surface area contributed by atoms with Gasteiger partial charge in [-0.15, -0.1) is 11.3 Å². The maximum absolute atomic E-state index is 12.6. The molecule has 0 aliphatic carbocycles. The van der Waals surface area contributed by atoms with Crippen molar-refractivity contribution >= 4 is 17.2 Å². The Balaban J connectivity index is 1.67. The number of rotatable bonds is 4. The first-order chi connectivity index (χ1) is 10.7. The lowest BCUT2D eigenvalue weighted by molar-refractivity contribution is -0.136. The summed E-state index contributed by atoms with van der Waals surface area (Å²) in [5.74, 6) is 1.52. The second-order valence-corrected chi connectivity index (χ2v) is 6.08. The van der Waals surface area contributed by atoms with Crippen LogP contribution in [0.1, 0.15) is 11.3 Å². The van der Waals surface area contributed by atoms with Crippen molar-refractivity contribution in [2.75, 3.05) is 20.8 Å². The van der Waals surface area contributed by atoms with Crippen LogP contribution in [-0.2, 0) is 17.8 Å². The second kappa shape index (κ2) is 6.36. The van der Waals surface area contributed by atoms with Crippen LogP contribution in [-0.4, -0.2) is 36.6 Å². The van der Waals surface area contributed by atoms with Crippen LogP contribution in [0.3, 0.4) is 0 Å². The third-order valence-electron chi connectivity index (χ3n) is 3.79. The summed E-state index contributed by atoms with van der Waals surface area (Å²) in [6, 6.07) is 5.73. The third-order valence-corrected chi connectivity index (χ3v) is 4.42. The van der Waals surface area contributed by atoms with Crippen LogP contribution in [0.4, 0.5) is 0 Å². The van der Waals surface area contributed by atoms with Crippen molar-refractivity contribution in [3.8, 4) is 11.5 Å². The fraction of sp³-hybridized carbons (Fsp3) is 0.375. The first-order valence-corrected chi connectivity index (χ1v) is 8.03. The van der Waals surface area contributed by atoms with E-state index in [0.717, 1.165) is 22.8 Å². The van der Waals surface area contributed by atoms with Crippen molar-refractivity contribution in [2.24, 2.45) is 5.92 Å². The van der Waals surface area contributed by atoms with Crippen molar-refractivity contribution in [1.29, 1.82) is 0 Å². The quantitative estimate of drug-likeness (QED) is 0.868. The summed E-state index contributed by atoms with van der Waals surface area (Å²) in [6.45, 7) is 0.939. The van der Waals surface area contributed by atoms with E-state index in [1.807, 2.05) is 30.6 Å². The Morgan fingerprint density at radius 3 is 3.14 bits per heavy atom. The number of hydrogen-bond donors (Lipinski definition) is 0. The molecule has 22 heavy (non-hydrogen) atoms. The molecule has 0 saturated heterocycles. The van der Waals surface area contributed by atoms with Gasteiger partial charge < -0.3 is 14.4 Å². The molecule has 0 bridgehead atoms. The molecule has 0 saturated carbocycles. The molecule has 5 nitrogen and oxygen atoms in total. The number of nitrogens with zero attached hydrogens (tertiary/aromatic N) is 2. The summed E-state index contributed by atoms with van der Waals surface area (Å²) in [5.41, 5.74) is 3.75. The first kappa shape index (κ1) is 14.8. The number of hydrogen-bond acceptors (Lipinski definition) is 5. The van der Waals surface area contributed by atoms with Crippen molar-refractivity contribution in [1.82, 2.24) is 9.88 Å². The molecule has 1 aliphatic rings.